The summed E-state index contributed by atoms with van der Waals surface area (Å²) in [6.45, 7) is 2.08. The predicted molar refractivity (Wildman–Crippen MR) is 116 cm³/mol. The summed E-state index contributed by atoms with van der Waals surface area (Å²) in [5.74, 6) is 0.0638. The maximum absolute atomic E-state index is 14.6. The minimum atomic E-state index is -2.93. The maximum Gasteiger partial charge on any atom is 0.227 e. The molecule has 4 rings (SSSR count). The fourth-order valence-corrected chi connectivity index (χ4v) is 7.50. The number of fused-ring (bicyclic) bond motifs is 1. The molecule has 1 heterocycles. The molecule has 1 aliphatic heterocycles. The van der Waals surface area contributed by atoms with E-state index in [1.807, 2.05) is 85.9 Å². The van der Waals surface area contributed by atoms with E-state index in [1.165, 1.54) is 0 Å². The van der Waals surface area contributed by atoms with Crippen molar-refractivity contribution in [3.63, 3.8) is 0 Å². The number of nitrogens with zero attached hydrogens (tertiary/aromatic N) is 1. The van der Waals surface area contributed by atoms with Crippen LogP contribution in [-0.4, -0.2) is 19.1 Å². The van der Waals surface area contributed by atoms with Crippen LogP contribution in [0.4, 0.5) is 5.69 Å². The van der Waals surface area contributed by atoms with Gasteiger partial charge >= 0.3 is 0 Å². The van der Waals surface area contributed by atoms with Crippen molar-refractivity contribution < 1.29 is 9.36 Å². The van der Waals surface area contributed by atoms with Gasteiger partial charge in [-0.3, -0.25) is 4.79 Å². The lowest BCUT2D eigenvalue weighted by Crippen LogP contribution is -2.44. The normalized spacial score (nSPS) is 19.4. The van der Waals surface area contributed by atoms with E-state index in [1.54, 1.807) is 4.90 Å². The van der Waals surface area contributed by atoms with Crippen LogP contribution in [0.15, 0.2) is 84.9 Å². The number of carbonyl (C=O) groups excluding carboxylic acids is 1. The third-order valence-corrected chi connectivity index (χ3v) is 9.16. The molecule has 0 fully saturated rings. The molecule has 0 saturated heterocycles. The van der Waals surface area contributed by atoms with Gasteiger partial charge in [-0.1, -0.05) is 85.8 Å². The van der Waals surface area contributed by atoms with E-state index < -0.39 is 12.6 Å². The first-order valence-electron chi connectivity index (χ1n) is 9.50. The van der Waals surface area contributed by atoms with Gasteiger partial charge in [0.25, 0.3) is 0 Å². The molecular formula is C24H24NO2P. The first kappa shape index (κ1) is 18.7. The zero-order valence-electron chi connectivity index (χ0n) is 16.2. The molecule has 1 aliphatic rings. The van der Waals surface area contributed by atoms with Crippen LogP contribution >= 0.6 is 7.14 Å². The zero-order chi connectivity index (χ0) is 19.8. The quantitative estimate of drug-likeness (QED) is 0.623. The van der Waals surface area contributed by atoms with Crippen molar-refractivity contribution in [2.24, 2.45) is 0 Å². The molecule has 3 aromatic rings. The van der Waals surface area contributed by atoms with Gasteiger partial charge in [0.1, 0.15) is 7.14 Å². The molecule has 4 heteroatoms. The summed E-state index contributed by atoms with van der Waals surface area (Å²) in [5.41, 5.74) is 1.50. The van der Waals surface area contributed by atoms with E-state index in [-0.39, 0.29) is 5.91 Å². The van der Waals surface area contributed by atoms with Gasteiger partial charge in [-0.25, -0.2) is 0 Å². The van der Waals surface area contributed by atoms with E-state index in [0.29, 0.717) is 12.6 Å². The van der Waals surface area contributed by atoms with Crippen LogP contribution < -0.4 is 15.5 Å². The summed E-state index contributed by atoms with van der Waals surface area (Å²) in [5, 5.41) is 1.68. The van der Waals surface area contributed by atoms with Crippen LogP contribution in [0.5, 0.6) is 0 Å². The number of anilines is 1. The zero-order valence-corrected chi connectivity index (χ0v) is 17.1. The van der Waals surface area contributed by atoms with Gasteiger partial charge in [0.2, 0.25) is 5.91 Å². The van der Waals surface area contributed by atoms with Gasteiger partial charge < -0.3 is 9.46 Å². The number of benzene rings is 3. The Bertz CT molecular complexity index is 1000. The molecular weight excluding hydrogens is 365 g/mol. The van der Waals surface area contributed by atoms with E-state index in [0.717, 1.165) is 21.9 Å². The highest BCUT2D eigenvalue weighted by molar-refractivity contribution is 7.78. The molecule has 0 unspecified atom stereocenters. The van der Waals surface area contributed by atoms with Gasteiger partial charge in [-0.2, -0.15) is 0 Å². The standard InChI is InChI=1S/C24H24NO2P/c1-24(17-23(26)25(2)22-16-10-9-15-21(22)24)18-28(27,19-11-5-3-6-12-19)20-13-7-4-8-14-20/h3-16H,17-18H2,1-2H3/t24-/m1/s1. The monoisotopic (exact) mass is 389 g/mol. The largest absolute Gasteiger partial charge is 0.315 e. The highest BCUT2D eigenvalue weighted by Crippen LogP contribution is 2.53. The summed E-state index contributed by atoms with van der Waals surface area (Å²) in [6, 6.07) is 27.4. The molecule has 0 radical (unpaired) electrons. The summed E-state index contributed by atoms with van der Waals surface area (Å²) in [4.78, 5) is 14.5. The van der Waals surface area contributed by atoms with E-state index >= 15 is 0 Å². The number of carbonyl (C=O) groups is 1. The fourth-order valence-electron chi connectivity index (χ4n) is 4.26. The Morgan fingerprint density at radius 1 is 0.857 bits per heavy atom. The van der Waals surface area contributed by atoms with Gasteiger partial charge in [-0.05, 0) is 11.6 Å². The van der Waals surface area contributed by atoms with Gasteiger partial charge in [0.15, 0.2) is 0 Å². The maximum atomic E-state index is 14.6. The molecule has 0 N–H and O–H groups in total. The molecule has 1 atom stereocenters. The summed E-state index contributed by atoms with van der Waals surface area (Å²) in [7, 11) is -1.12. The van der Waals surface area contributed by atoms with Gasteiger partial charge in [0.05, 0.1) is 0 Å². The first-order chi connectivity index (χ1) is 13.4. The van der Waals surface area contributed by atoms with Crippen molar-refractivity contribution in [2.45, 2.75) is 18.8 Å². The SMILES string of the molecule is CN1C(=O)C[C@](C)(CP(=O)(c2ccccc2)c2ccccc2)c2ccccc21. The van der Waals surface area contributed by atoms with Crippen molar-refractivity contribution in [1.82, 2.24) is 0 Å². The van der Waals surface area contributed by atoms with Gasteiger partial charge in [0, 0.05) is 41.3 Å². The molecule has 0 bridgehead atoms. The number of para-hydroxylation sites is 1. The molecule has 28 heavy (non-hydrogen) atoms. The molecule has 3 nitrogen and oxygen atoms in total. The summed E-state index contributed by atoms with van der Waals surface area (Å²) in [6.07, 6.45) is 0.773. The molecule has 3 aromatic carbocycles. The Hall–Kier alpha value is -2.64. The van der Waals surface area contributed by atoms with Crippen molar-refractivity contribution in [3.05, 3.63) is 90.5 Å². The van der Waals surface area contributed by atoms with Crippen molar-refractivity contribution in [3.8, 4) is 0 Å². The number of hydrogen-bond acceptors (Lipinski definition) is 2. The second-order valence-electron chi connectivity index (χ2n) is 7.78. The molecule has 0 saturated carbocycles. The van der Waals surface area contributed by atoms with Gasteiger partial charge in [-0.15, -0.1) is 0 Å². The van der Waals surface area contributed by atoms with Crippen molar-refractivity contribution >= 4 is 29.3 Å². The molecule has 1 amide bonds. The first-order valence-corrected chi connectivity index (χ1v) is 11.4. The smallest absolute Gasteiger partial charge is 0.227 e. The average Bonchev–Trinajstić information content (AvgIpc) is 2.73. The molecule has 0 aromatic heterocycles. The Labute approximate surface area is 166 Å². The lowest BCUT2D eigenvalue weighted by molar-refractivity contribution is -0.119. The Morgan fingerprint density at radius 3 is 1.93 bits per heavy atom. The summed E-state index contributed by atoms with van der Waals surface area (Å²) >= 11 is 0. The third kappa shape index (κ3) is 3.10. The Morgan fingerprint density at radius 2 is 1.36 bits per heavy atom. The number of rotatable bonds is 4. The van der Waals surface area contributed by atoms with Crippen LogP contribution in [0.2, 0.25) is 0 Å². The lowest BCUT2D eigenvalue weighted by Gasteiger charge is -2.41. The molecule has 0 aliphatic carbocycles. The minimum absolute atomic E-state index is 0.0638. The van der Waals surface area contributed by atoms with Crippen molar-refractivity contribution in [1.29, 1.82) is 0 Å². The van der Waals surface area contributed by atoms with Crippen LogP contribution in [0.3, 0.4) is 0 Å². The number of hydrogen-bond donors (Lipinski definition) is 0. The fraction of sp³-hybridized carbons (Fsp3) is 0.208. The Balaban J connectivity index is 1.88. The van der Waals surface area contributed by atoms with E-state index in [4.69, 9.17) is 0 Å². The van der Waals surface area contributed by atoms with Crippen LogP contribution in [0.25, 0.3) is 0 Å². The van der Waals surface area contributed by atoms with Crippen LogP contribution in [0, 0.1) is 0 Å². The average molecular weight is 389 g/mol. The molecule has 0 spiro atoms. The highest BCUT2D eigenvalue weighted by atomic mass is 31.2. The highest BCUT2D eigenvalue weighted by Gasteiger charge is 2.44. The molecule has 142 valence electrons. The van der Waals surface area contributed by atoms with Crippen LogP contribution in [0.1, 0.15) is 18.9 Å². The third-order valence-electron chi connectivity index (χ3n) is 5.75. The Kier molecular flexibility index (Phi) is 4.72. The lowest BCUT2D eigenvalue weighted by atomic mass is 9.77. The topological polar surface area (TPSA) is 37.4 Å². The van der Waals surface area contributed by atoms with E-state index in [2.05, 4.69) is 13.0 Å². The van der Waals surface area contributed by atoms with Crippen LogP contribution in [-0.2, 0) is 14.8 Å². The van der Waals surface area contributed by atoms with Crippen molar-refractivity contribution in [2.75, 3.05) is 18.1 Å². The second kappa shape index (κ2) is 7.07. The summed E-state index contributed by atoms with van der Waals surface area (Å²) < 4.78 is 14.6. The predicted octanol–water partition coefficient (Wildman–Crippen LogP) is 4.32. The second-order valence-corrected chi connectivity index (χ2v) is 10.6. The minimum Gasteiger partial charge on any atom is -0.315 e. The number of amides is 1. The van der Waals surface area contributed by atoms with E-state index in [9.17, 15) is 9.36 Å².